The Balaban J connectivity index is 2.47. The zero-order chi connectivity index (χ0) is 14.9. The summed E-state index contributed by atoms with van der Waals surface area (Å²) in [5.41, 5.74) is 6.59. The van der Waals surface area contributed by atoms with Gasteiger partial charge >= 0.3 is 5.69 Å². The largest absolute Gasteiger partial charge is 0.450 e. The number of ether oxygens (including phenoxy) is 1. The molecule has 7 heteroatoms. The lowest BCUT2D eigenvalue weighted by Gasteiger charge is -2.10. The molecule has 2 rings (SSSR count). The normalized spacial score (nSPS) is 10.3. The highest BCUT2D eigenvalue weighted by Crippen LogP contribution is 2.35. The molecule has 0 saturated carbocycles. The zero-order valence-electron chi connectivity index (χ0n) is 10.4. The van der Waals surface area contributed by atoms with E-state index in [0.717, 1.165) is 12.1 Å². The van der Waals surface area contributed by atoms with E-state index in [2.05, 4.69) is 0 Å². The maximum Gasteiger partial charge on any atom is 0.312 e. The van der Waals surface area contributed by atoms with Gasteiger partial charge in [0.1, 0.15) is 11.6 Å². The lowest BCUT2D eigenvalue weighted by Crippen LogP contribution is -1.97. The Morgan fingerprint density at radius 1 is 1.30 bits per heavy atom. The molecule has 0 bridgehead atoms. The highest BCUT2D eigenvalue weighted by atomic mass is 127. The Kier molecular flexibility index (Phi) is 4.07. The molecule has 0 unspecified atom stereocenters. The monoisotopic (exact) mass is 388 g/mol. The number of nitrogen functional groups attached to an aromatic ring is 1. The van der Waals surface area contributed by atoms with Gasteiger partial charge < -0.3 is 10.5 Å². The Labute approximate surface area is 127 Å². The van der Waals surface area contributed by atoms with E-state index in [1.807, 2.05) is 0 Å². The molecule has 0 atom stereocenters. The molecule has 0 aliphatic carbocycles. The van der Waals surface area contributed by atoms with Crippen LogP contribution in [0.25, 0.3) is 0 Å². The fourth-order valence-electron chi connectivity index (χ4n) is 1.65. The van der Waals surface area contributed by atoms with Crippen molar-refractivity contribution in [2.24, 2.45) is 0 Å². The summed E-state index contributed by atoms with van der Waals surface area (Å²) in [5, 5.41) is 11.0. The van der Waals surface area contributed by atoms with Gasteiger partial charge in [-0.3, -0.25) is 10.1 Å². The molecule has 0 fully saturated rings. The highest BCUT2D eigenvalue weighted by molar-refractivity contribution is 14.1. The van der Waals surface area contributed by atoms with Crippen LogP contribution in [0, 0.1) is 26.4 Å². The molecule has 2 N–H and O–H groups in total. The molecule has 5 nitrogen and oxygen atoms in total. The summed E-state index contributed by atoms with van der Waals surface area (Å²) >= 11 is 1.69. The van der Waals surface area contributed by atoms with Gasteiger partial charge in [-0.25, -0.2) is 4.39 Å². The van der Waals surface area contributed by atoms with Crippen LogP contribution in [0.4, 0.5) is 15.8 Å². The van der Waals surface area contributed by atoms with Crippen molar-refractivity contribution in [3.63, 3.8) is 0 Å². The van der Waals surface area contributed by atoms with Gasteiger partial charge in [-0.15, -0.1) is 0 Å². The molecular formula is C13H10FIN2O3. The lowest BCUT2D eigenvalue weighted by atomic mass is 10.2. The number of nitro groups is 1. The molecule has 0 aliphatic heterocycles. The second-order valence-electron chi connectivity index (χ2n) is 4.12. The number of hydrogen-bond donors (Lipinski definition) is 1. The van der Waals surface area contributed by atoms with Crippen molar-refractivity contribution in [1.29, 1.82) is 0 Å². The number of aryl methyl sites for hydroxylation is 1. The molecule has 104 valence electrons. The molecule has 0 saturated heterocycles. The Morgan fingerprint density at radius 3 is 2.60 bits per heavy atom. The maximum absolute atomic E-state index is 13.6. The van der Waals surface area contributed by atoms with E-state index < -0.39 is 10.7 Å². The number of benzene rings is 2. The topological polar surface area (TPSA) is 78.4 Å². The summed E-state index contributed by atoms with van der Waals surface area (Å²) in [6.07, 6.45) is 0. The number of hydrogen-bond acceptors (Lipinski definition) is 4. The van der Waals surface area contributed by atoms with Gasteiger partial charge in [0.25, 0.3) is 0 Å². The fourth-order valence-corrected chi connectivity index (χ4v) is 2.10. The van der Waals surface area contributed by atoms with E-state index in [-0.39, 0.29) is 15.0 Å². The van der Waals surface area contributed by atoms with E-state index in [1.54, 1.807) is 47.7 Å². The van der Waals surface area contributed by atoms with Crippen LogP contribution in [0.5, 0.6) is 11.5 Å². The average Bonchev–Trinajstić information content (AvgIpc) is 2.36. The summed E-state index contributed by atoms with van der Waals surface area (Å²) in [7, 11) is 0. The van der Waals surface area contributed by atoms with E-state index in [4.69, 9.17) is 10.5 Å². The van der Waals surface area contributed by atoms with Gasteiger partial charge in [0, 0.05) is 17.8 Å². The van der Waals surface area contributed by atoms with Gasteiger partial charge in [0.05, 0.1) is 8.49 Å². The van der Waals surface area contributed by atoms with Crippen LogP contribution in [0.2, 0.25) is 0 Å². The molecule has 20 heavy (non-hydrogen) atoms. The van der Waals surface area contributed by atoms with Crippen LogP contribution in [-0.2, 0) is 0 Å². The van der Waals surface area contributed by atoms with E-state index in [9.17, 15) is 14.5 Å². The van der Waals surface area contributed by atoms with Crippen LogP contribution >= 0.6 is 22.6 Å². The number of nitro benzene ring substituents is 1. The van der Waals surface area contributed by atoms with Gasteiger partial charge in [-0.05, 0) is 53.3 Å². The first-order valence-corrected chi connectivity index (χ1v) is 6.64. The molecule has 0 heterocycles. The third kappa shape index (κ3) is 2.98. The summed E-state index contributed by atoms with van der Waals surface area (Å²) in [5.74, 6) is -0.317. The standard InChI is InChI=1S/C13H10FIN2O3/c1-7-4-8(16)2-3-12(7)20-13-5-9(14)10(15)6-11(13)17(18)19/h2-6H,16H2,1H3. The molecule has 2 aromatic rings. The first kappa shape index (κ1) is 14.5. The number of nitrogens with zero attached hydrogens (tertiary/aromatic N) is 1. The van der Waals surface area contributed by atoms with Crippen LogP contribution in [0.1, 0.15) is 5.56 Å². The van der Waals surface area contributed by atoms with Crippen molar-refractivity contribution in [3.05, 3.63) is 55.4 Å². The molecule has 0 amide bonds. The van der Waals surface area contributed by atoms with Crippen molar-refractivity contribution >= 4 is 34.0 Å². The first-order chi connectivity index (χ1) is 9.38. The van der Waals surface area contributed by atoms with Crippen molar-refractivity contribution in [1.82, 2.24) is 0 Å². The minimum Gasteiger partial charge on any atom is -0.450 e. The van der Waals surface area contributed by atoms with Crippen molar-refractivity contribution in [2.45, 2.75) is 6.92 Å². The van der Waals surface area contributed by atoms with E-state index in [0.29, 0.717) is 17.0 Å². The molecule has 0 spiro atoms. The van der Waals surface area contributed by atoms with Crippen LogP contribution in [0.3, 0.4) is 0 Å². The smallest absolute Gasteiger partial charge is 0.312 e. The van der Waals surface area contributed by atoms with Gasteiger partial charge in [0.2, 0.25) is 5.75 Å². The van der Waals surface area contributed by atoms with Crippen molar-refractivity contribution in [3.8, 4) is 11.5 Å². The predicted molar refractivity (Wildman–Crippen MR) is 81.4 cm³/mol. The van der Waals surface area contributed by atoms with E-state index in [1.165, 1.54) is 0 Å². The lowest BCUT2D eigenvalue weighted by molar-refractivity contribution is -0.385. The Morgan fingerprint density at radius 2 is 2.00 bits per heavy atom. The SMILES string of the molecule is Cc1cc(N)ccc1Oc1cc(F)c(I)cc1[N+](=O)[O-]. The molecular weight excluding hydrogens is 378 g/mol. The van der Waals surface area contributed by atoms with Gasteiger partial charge in [-0.2, -0.15) is 0 Å². The summed E-state index contributed by atoms with van der Waals surface area (Å²) in [6.45, 7) is 1.75. The molecule has 0 radical (unpaired) electrons. The van der Waals surface area contributed by atoms with E-state index >= 15 is 0 Å². The summed E-state index contributed by atoms with van der Waals surface area (Å²) in [4.78, 5) is 10.4. The fraction of sp³-hybridized carbons (Fsp3) is 0.0769. The third-order valence-electron chi connectivity index (χ3n) is 2.62. The number of rotatable bonds is 3. The van der Waals surface area contributed by atoms with Crippen LogP contribution in [0.15, 0.2) is 30.3 Å². The number of nitrogens with two attached hydrogens (primary N) is 1. The molecule has 0 aliphatic rings. The number of halogens is 2. The first-order valence-electron chi connectivity index (χ1n) is 5.56. The Bertz CT molecular complexity index is 692. The second kappa shape index (κ2) is 5.61. The van der Waals surface area contributed by atoms with Crippen molar-refractivity contribution in [2.75, 3.05) is 5.73 Å². The molecule has 2 aromatic carbocycles. The summed E-state index contributed by atoms with van der Waals surface area (Å²) < 4.78 is 19.2. The number of anilines is 1. The molecule has 0 aromatic heterocycles. The van der Waals surface area contributed by atoms with Crippen LogP contribution in [-0.4, -0.2) is 4.92 Å². The zero-order valence-corrected chi connectivity index (χ0v) is 12.5. The highest BCUT2D eigenvalue weighted by Gasteiger charge is 2.20. The summed E-state index contributed by atoms with van der Waals surface area (Å²) in [6, 6.07) is 7.01. The van der Waals surface area contributed by atoms with Gasteiger partial charge in [-0.1, -0.05) is 0 Å². The quantitative estimate of drug-likeness (QED) is 0.373. The third-order valence-corrected chi connectivity index (χ3v) is 3.44. The second-order valence-corrected chi connectivity index (χ2v) is 5.28. The van der Waals surface area contributed by atoms with Crippen LogP contribution < -0.4 is 10.5 Å². The average molecular weight is 388 g/mol. The minimum atomic E-state index is -0.608. The Hall–Kier alpha value is -1.90. The maximum atomic E-state index is 13.6. The minimum absolute atomic E-state index is 0.138. The predicted octanol–water partition coefficient (Wildman–Crippen LogP) is 4.02. The van der Waals surface area contributed by atoms with Gasteiger partial charge in [0.15, 0.2) is 0 Å². The van der Waals surface area contributed by atoms with Crippen molar-refractivity contribution < 1.29 is 14.1 Å².